The van der Waals surface area contributed by atoms with Gasteiger partial charge in [0.2, 0.25) is 0 Å². The molecule has 19 heavy (non-hydrogen) atoms. The fourth-order valence-corrected chi connectivity index (χ4v) is 2.23. The summed E-state index contributed by atoms with van der Waals surface area (Å²) >= 11 is 0. The highest BCUT2D eigenvalue weighted by Gasteiger charge is 2.18. The molecule has 0 aromatic heterocycles. The van der Waals surface area contributed by atoms with Crippen molar-refractivity contribution in [1.82, 2.24) is 5.32 Å². The van der Waals surface area contributed by atoms with Crippen LogP contribution in [0.15, 0.2) is 24.3 Å². The van der Waals surface area contributed by atoms with Crippen LogP contribution >= 0.6 is 0 Å². The normalized spacial score (nSPS) is 19.2. The summed E-state index contributed by atoms with van der Waals surface area (Å²) in [4.78, 5) is 11.7. The van der Waals surface area contributed by atoms with Crippen LogP contribution in [0.3, 0.4) is 0 Å². The third-order valence-corrected chi connectivity index (χ3v) is 3.06. The molecule has 0 bridgehead atoms. The summed E-state index contributed by atoms with van der Waals surface area (Å²) in [5.41, 5.74) is 1.58. The highest BCUT2D eigenvalue weighted by atomic mass is 16.6. The van der Waals surface area contributed by atoms with Crippen molar-refractivity contribution in [1.29, 1.82) is 0 Å². The van der Waals surface area contributed by atoms with E-state index in [1.54, 1.807) is 0 Å². The molecule has 1 saturated heterocycles. The van der Waals surface area contributed by atoms with E-state index in [1.165, 1.54) is 5.56 Å². The average molecular weight is 262 g/mol. The molecule has 2 N–H and O–H groups in total. The zero-order chi connectivity index (χ0) is 13.9. The van der Waals surface area contributed by atoms with Gasteiger partial charge in [0.05, 0.1) is 0 Å². The SMILES string of the molecule is CC(C)(C)OC(=O)Nc1cccc([C@@H]2CCNC2)c1. The smallest absolute Gasteiger partial charge is 0.412 e. The molecular weight excluding hydrogens is 240 g/mol. The van der Waals surface area contributed by atoms with Crippen molar-refractivity contribution in [3.8, 4) is 0 Å². The first-order valence-corrected chi connectivity index (χ1v) is 6.75. The summed E-state index contributed by atoms with van der Waals surface area (Å²) in [7, 11) is 0. The van der Waals surface area contributed by atoms with Crippen LogP contribution in [0.2, 0.25) is 0 Å². The summed E-state index contributed by atoms with van der Waals surface area (Å²) in [5.74, 6) is 0.542. The van der Waals surface area contributed by atoms with Gasteiger partial charge in [-0.15, -0.1) is 0 Å². The Bertz CT molecular complexity index is 446. The van der Waals surface area contributed by atoms with Gasteiger partial charge < -0.3 is 10.1 Å². The molecule has 0 radical (unpaired) electrons. The second kappa shape index (κ2) is 5.61. The Balaban J connectivity index is 2.00. The topological polar surface area (TPSA) is 50.4 Å². The number of amides is 1. The number of carbonyl (C=O) groups is 1. The van der Waals surface area contributed by atoms with Crippen LogP contribution in [-0.4, -0.2) is 24.8 Å². The fraction of sp³-hybridized carbons (Fsp3) is 0.533. The van der Waals surface area contributed by atoms with E-state index in [9.17, 15) is 4.79 Å². The number of carbonyl (C=O) groups excluding carboxylic acids is 1. The van der Waals surface area contributed by atoms with Crippen LogP contribution in [0.1, 0.15) is 38.7 Å². The van der Waals surface area contributed by atoms with Crippen LogP contribution < -0.4 is 10.6 Å². The number of benzene rings is 1. The molecule has 1 aromatic rings. The Hall–Kier alpha value is -1.55. The summed E-state index contributed by atoms with van der Waals surface area (Å²) in [6.45, 7) is 7.64. The summed E-state index contributed by atoms with van der Waals surface area (Å²) in [5, 5.41) is 6.13. The maximum atomic E-state index is 11.7. The van der Waals surface area contributed by atoms with Crippen LogP contribution in [0, 0.1) is 0 Å². The van der Waals surface area contributed by atoms with E-state index in [-0.39, 0.29) is 0 Å². The lowest BCUT2D eigenvalue weighted by atomic mass is 9.98. The van der Waals surface area contributed by atoms with Crippen molar-refractivity contribution in [3.63, 3.8) is 0 Å². The molecule has 4 nitrogen and oxygen atoms in total. The third-order valence-electron chi connectivity index (χ3n) is 3.06. The van der Waals surface area contributed by atoms with Crippen LogP contribution in [0.25, 0.3) is 0 Å². The Morgan fingerprint density at radius 1 is 1.42 bits per heavy atom. The molecule has 1 aliphatic heterocycles. The second-order valence-corrected chi connectivity index (χ2v) is 5.94. The Labute approximate surface area is 114 Å². The Kier molecular flexibility index (Phi) is 4.10. The molecule has 0 spiro atoms. The lowest BCUT2D eigenvalue weighted by Gasteiger charge is -2.20. The average Bonchev–Trinajstić information content (AvgIpc) is 2.79. The van der Waals surface area contributed by atoms with E-state index in [2.05, 4.69) is 16.7 Å². The number of nitrogens with one attached hydrogen (secondary N) is 2. The summed E-state index contributed by atoms with van der Waals surface area (Å²) in [6.07, 6.45) is 0.741. The van der Waals surface area contributed by atoms with Gasteiger partial charge in [0.15, 0.2) is 0 Å². The maximum absolute atomic E-state index is 11.7. The Morgan fingerprint density at radius 2 is 2.21 bits per heavy atom. The minimum atomic E-state index is -0.475. The number of hydrogen-bond donors (Lipinski definition) is 2. The van der Waals surface area contributed by atoms with Crippen molar-refractivity contribution in [2.45, 2.75) is 38.7 Å². The highest BCUT2D eigenvalue weighted by molar-refractivity contribution is 5.84. The molecule has 0 aliphatic carbocycles. The zero-order valence-electron chi connectivity index (χ0n) is 11.8. The van der Waals surface area contributed by atoms with Gasteiger partial charge >= 0.3 is 6.09 Å². The van der Waals surface area contributed by atoms with Gasteiger partial charge in [-0.25, -0.2) is 4.79 Å². The van der Waals surface area contributed by atoms with Crippen molar-refractivity contribution in [2.75, 3.05) is 18.4 Å². The number of anilines is 1. The quantitative estimate of drug-likeness (QED) is 0.861. The molecule has 1 aromatic carbocycles. The van der Waals surface area contributed by atoms with E-state index in [1.807, 2.05) is 39.0 Å². The summed E-state index contributed by atoms with van der Waals surface area (Å²) < 4.78 is 5.24. The number of rotatable bonds is 2. The van der Waals surface area contributed by atoms with Gasteiger partial charge in [-0.05, 0) is 57.4 Å². The molecule has 4 heteroatoms. The van der Waals surface area contributed by atoms with E-state index < -0.39 is 11.7 Å². The van der Waals surface area contributed by atoms with Crippen LogP contribution in [0.5, 0.6) is 0 Å². The van der Waals surface area contributed by atoms with Crippen molar-refractivity contribution in [3.05, 3.63) is 29.8 Å². The van der Waals surface area contributed by atoms with Crippen LogP contribution in [0.4, 0.5) is 10.5 Å². The minimum absolute atomic E-state index is 0.408. The van der Waals surface area contributed by atoms with Gasteiger partial charge in [-0.2, -0.15) is 0 Å². The van der Waals surface area contributed by atoms with E-state index in [4.69, 9.17) is 4.74 Å². The molecule has 2 rings (SSSR count). The molecule has 1 atom stereocenters. The largest absolute Gasteiger partial charge is 0.444 e. The number of ether oxygens (including phenoxy) is 1. The number of hydrogen-bond acceptors (Lipinski definition) is 3. The second-order valence-electron chi connectivity index (χ2n) is 5.94. The van der Waals surface area contributed by atoms with Gasteiger partial charge in [0.25, 0.3) is 0 Å². The first kappa shape index (κ1) is 13.9. The van der Waals surface area contributed by atoms with Gasteiger partial charge in [-0.3, -0.25) is 5.32 Å². The van der Waals surface area contributed by atoms with E-state index in [0.29, 0.717) is 5.92 Å². The lowest BCUT2D eigenvalue weighted by molar-refractivity contribution is 0.0636. The first-order valence-electron chi connectivity index (χ1n) is 6.75. The van der Waals surface area contributed by atoms with Crippen molar-refractivity contribution >= 4 is 11.8 Å². The van der Waals surface area contributed by atoms with Gasteiger partial charge in [0.1, 0.15) is 5.60 Å². The minimum Gasteiger partial charge on any atom is -0.444 e. The first-order chi connectivity index (χ1) is 8.94. The molecule has 1 fully saturated rings. The molecule has 0 unspecified atom stereocenters. The third kappa shape index (κ3) is 4.24. The predicted molar refractivity (Wildman–Crippen MR) is 76.5 cm³/mol. The fourth-order valence-electron chi connectivity index (χ4n) is 2.23. The van der Waals surface area contributed by atoms with Crippen molar-refractivity contribution < 1.29 is 9.53 Å². The molecule has 1 aliphatic rings. The van der Waals surface area contributed by atoms with Gasteiger partial charge in [0, 0.05) is 12.2 Å². The predicted octanol–water partition coefficient (Wildman–Crippen LogP) is 3.11. The monoisotopic (exact) mass is 262 g/mol. The highest BCUT2D eigenvalue weighted by Crippen LogP contribution is 2.24. The van der Waals surface area contributed by atoms with E-state index in [0.717, 1.165) is 25.2 Å². The van der Waals surface area contributed by atoms with Gasteiger partial charge in [-0.1, -0.05) is 12.1 Å². The molecule has 104 valence electrons. The lowest BCUT2D eigenvalue weighted by Crippen LogP contribution is -2.27. The molecule has 1 amide bonds. The standard InChI is InChI=1S/C15H22N2O2/c1-15(2,3)19-14(18)17-13-6-4-5-11(9-13)12-7-8-16-10-12/h4-6,9,12,16H,7-8,10H2,1-3H3,(H,17,18)/t12-/m1/s1. The molecular formula is C15H22N2O2. The zero-order valence-corrected chi connectivity index (χ0v) is 11.8. The van der Waals surface area contributed by atoms with E-state index >= 15 is 0 Å². The van der Waals surface area contributed by atoms with Crippen molar-refractivity contribution in [2.24, 2.45) is 0 Å². The Morgan fingerprint density at radius 3 is 2.84 bits per heavy atom. The summed E-state index contributed by atoms with van der Waals surface area (Å²) in [6, 6.07) is 8.00. The molecule has 1 heterocycles. The molecule has 0 saturated carbocycles. The maximum Gasteiger partial charge on any atom is 0.412 e. The van der Waals surface area contributed by atoms with Crippen LogP contribution in [-0.2, 0) is 4.74 Å².